The van der Waals surface area contributed by atoms with Crippen LogP contribution in [0.5, 0.6) is 11.5 Å². The number of aromatic hydroxyl groups is 2. The van der Waals surface area contributed by atoms with Crippen LogP contribution in [0, 0.1) is 10.1 Å². The highest BCUT2D eigenvalue weighted by Gasteiger charge is 2.31. The van der Waals surface area contributed by atoms with Crippen molar-refractivity contribution in [1.29, 1.82) is 0 Å². The molecular formula is C34H22N8O23S5. The molecule has 6 rings (SSSR count). The first-order valence-electron chi connectivity index (χ1n) is 17.6. The number of anilines is 1. The van der Waals surface area contributed by atoms with Crippen molar-refractivity contribution >= 4 is 130 Å². The van der Waals surface area contributed by atoms with E-state index in [-0.39, 0.29) is 6.07 Å². The van der Waals surface area contributed by atoms with E-state index in [0.29, 0.717) is 42.5 Å². The van der Waals surface area contributed by atoms with Crippen molar-refractivity contribution in [1.82, 2.24) is 0 Å². The van der Waals surface area contributed by atoms with Crippen LogP contribution < -0.4 is 5.73 Å². The second-order valence-electron chi connectivity index (χ2n) is 13.6. The minimum absolute atomic E-state index is 0.290. The number of carbonyl (C=O) groups is 2. The van der Waals surface area contributed by atoms with Gasteiger partial charge in [-0.15, -0.1) is 30.7 Å². The maximum Gasteiger partial charge on any atom is 0.338 e. The maximum absolute atomic E-state index is 12.9. The van der Waals surface area contributed by atoms with Crippen LogP contribution in [0.15, 0.2) is 122 Å². The van der Waals surface area contributed by atoms with Gasteiger partial charge in [-0.25, -0.2) is 9.59 Å². The summed E-state index contributed by atoms with van der Waals surface area (Å²) in [6, 6.07) is 6.14. The predicted molar refractivity (Wildman–Crippen MR) is 231 cm³/mol. The molecule has 0 unspecified atom stereocenters. The molecule has 0 aliphatic rings. The largest absolute Gasteiger partial charge is 0.505 e. The quantitative estimate of drug-likeness (QED) is 0.0203. The van der Waals surface area contributed by atoms with Gasteiger partial charge < -0.3 is 26.2 Å². The number of phenolic OH excluding ortho intramolecular Hbond substituents is 2. The fourth-order valence-electron chi connectivity index (χ4n) is 6.27. The number of benzene rings is 6. The van der Waals surface area contributed by atoms with E-state index < -0.39 is 182 Å². The lowest BCUT2D eigenvalue weighted by Crippen LogP contribution is -2.04. The number of azo groups is 3. The van der Waals surface area contributed by atoms with Crippen LogP contribution >= 0.6 is 0 Å². The van der Waals surface area contributed by atoms with Crippen LogP contribution in [0.1, 0.15) is 20.7 Å². The lowest BCUT2D eigenvalue weighted by molar-refractivity contribution is -0.384. The van der Waals surface area contributed by atoms with E-state index >= 15 is 0 Å². The average molecular weight is 1070 g/mol. The Kier molecular flexibility index (Phi) is 13.0. The van der Waals surface area contributed by atoms with Crippen molar-refractivity contribution in [2.45, 2.75) is 24.5 Å². The molecule has 31 nitrogen and oxygen atoms in total. The van der Waals surface area contributed by atoms with Gasteiger partial charge in [0.2, 0.25) is 0 Å². The number of fused-ring (bicyclic) bond motifs is 2. The molecule has 0 aromatic heterocycles. The number of nitro groups is 1. The van der Waals surface area contributed by atoms with Gasteiger partial charge in [0, 0.05) is 28.3 Å². The van der Waals surface area contributed by atoms with E-state index in [1.807, 2.05) is 0 Å². The van der Waals surface area contributed by atoms with Crippen LogP contribution in [0.3, 0.4) is 0 Å². The molecule has 70 heavy (non-hydrogen) atoms. The Balaban J connectivity index is 1.59. The van der Waals surface area contributed by atoms with Crippen molar-refractivity contribution in [3.05, 3.63) is 88.0 Å². The molecule has 0 bridgehead atoms. The number of rotatable bonds is 14. The molecule has 0 fully saturated rings. The zero-order chi connectivity index (χ0) is 52.4. The molecule has 366 valence electrons. The highest BCUT2D eigenvalue weighted by atomic mass is 32.2. The molecule has 0 aliphatic heterocycles. The number of hydrogen-bond donors (Lipinski definition) is 10. The smallest absolute Gasteiger partial charge is 0.338 e. The Morgan fingerprint density at radius 2 is 0.957 bits per heavy atom. The molecule has 0 radical (unpaired) electrons. The number of phenols is 2. The highest BCUT2D eigenvalue weighted by molar-refractivity contribution is 7.87. The Morgan fingerprint density at radius 1 is 0.500 bits per heavy atom. The van der Waals surface area contributed by atoms with E-state index in [4.69, 9.17) is 5.73 Å². The number of nitro benzene ring substituents is 1. The van der Waals surface area contributed by atoms with Crippen LogP contribution in [0.2, 0.25) is 0 Å². The van der Waals surface area contributed by atoms with Crippen LogP contribution in [0.25, 0.3) is 21.5 Å². The van der Waals surface area contributed by atoms with Gasteiger partial charge in [0.1, 0.15) is 53.7 Å². The Labute approximate surface area is 388 Å². The first-order valence-corrected chi connectivity index (χ1v) is 24.8. The lowest BCUT2D eigenvalue weighted by atomic mass is 10.0. The van der Waals surface area contributed by atoms with E-state index in [0.717, 1.165) is 18.2 Å². The van der Waals surface area contributed by atoms with E-state index in [1.165, 1.54) is 0 Å². The van der Waals surface area contributed by atoms with Gasteiger partial charge in [-0.2, -0.15) is 42.1 Å². The molecule has 0 aliphatic carbocycles. The van der Waals surface area contributed by atoms with Gasteiger partial charge in [-0.05, 0) is 54.6 Å². The molecule has 0 heterocycles. The fourth-order valence-corrected chi connectivity index (χ4v) is 9.59. The van der Waals surface area contributed by atoms with Crippen LogP contribution in [-0.2, 0) is 50.6 Å². The summed E-state index contributed by atoms with van der Waals surface area (Å²) in [4.78, 5) is 27.2. The monoisotopic (exact) mass is 1070 g/mol. The molecule has 6 aromatic carbocycles. The third-order valence-corrected chi connectivity index (χ3v) is 13.7. The van der Waals surface area contributed by atoms with Gasteiger partial charge >= 0.3 is 11.9 Å². The van der Waals surface area contributed by atoms with Crippen molar-refractivity contribution in [3.8, 4) is 11.5 Å². The molecule has 0 saturated carbocycles. The van der Waals surface area contributed by atoms with E-state index in [2.05, 4.69) is 30.7 Å². The summed E-state index contributed by atoms with van der Waals surface area (Å²) < 4.78 is 175. The second-order valence-corrected chi connectivity index (χ2v) is 20.6. The Morgan fingerprint density at radius 3 is 1.44 bits per heavy atom. The zero-order valence-corrected chi connectivity index (χ0v) is 37.4. The molecule has 0 amide bonds. The van der Waals surface area contributed by atoms with Gasteiger partial charge in [0.05, 0.1) is 32.0 Å². The minimum atomic E-state index is -5.71. The fraction of sp³-hybridized carbons (Fsp3) is 0. The minimum Gasteiger partial charge on any atom is -0.505 e. The number of carboxylic acid groups (broad SMARTS) is 2. The summed E-state index contributed by atoms with van der Waals surface area (Å²) in [5.41, 5.74) is -3.30. The molecule has 36 heteroatoms. The summed E-state index contributed by atoms with van der Waals surface area (Å²) in [6.07, 6.45) is 0. The van der Waals surface area contributed by atoms with Gasteiger partial charge in [-0.1, -0.05) is 0 Å². The number of nitrogen functional groups attached to an aromatic ring is 1. The summed E-state index contributed by atoms with van der Waals surface area (Å²) in [5.74, 6) is -6.51. The Hall–Kier alpha value is -8.07. The van der Waals surface area contributed by atoms with Crippen molar-refractivity contribution in [3.63, 3.8) is 0 Å². The van der Waals surface area contributed by atoms with E-state index in [9.17, 15) is 105 Å². The first kappa shape index (κ1) is 51.3. The highest BCUT2D eigenvalue weighted by Crippen LogP contribution is 2.50. The third kappa shape index (κ3) is 10.0. The van der Waals surface area contributed by atoms with Crippen molar-refractivity contribution in [2.24, 2.45) is 30.7 Å². The number of nitrogens with zero attached hydrogens (tertiary/aromatic N) is 7. The van der Waals surface area contributed by atoms with Gasteiger partial charge in [0.15, 0.2) is 11.5 Å². The summed E-state index contributed by atoms with van der Waals surface area (Å²) in [6.45, 7) is 0. The number of carboxylic acids is 2. The topological polar surface area (TPSA) is 530 Å². The number of hydrogen-bond acceptors (Lipinski definition) is 23. The molecule has 0 saturated heterocycles. The summed E-state index contributed by atoms with van der Waals surface area (Å²) in [5, 5.41) is 70.3. The average Bonchev–Trinajstić information content (AvgIpc) is 3.22. The summed E-state index contributed by atoms with van der Waals surface area (Å²) >= 11 is 0. The molecule has 0 atom stereocenters. The second kappa shape index (κ2) is 17.8. The van der Waals surface area contributed by atoms with Gasteiger partial charge in [-0.3, -0.25) is 32.9 Å². The molecule has 11 N–H and O–H groups in total. The zero-order valence-electron chi connectivity index (χ0n) is 33.3. The lowest BCUT2D eigenvalue weighted by Gasteiger charge is -2.15. The van der Waals surface area contributed by atoms with Gasteiger partial charge in [0.25, 0.3) is 56.3 Å². The van der Waals surface area contributed by atoms with Crippen molar-refractivity contribution < 1.29 is 99.8 Å². The van der Waals surface area contributed by atoms with Crippen LogP contribution in [-0.4, -0.2) is 102 Å². The predicted octanol–water partition coefficient (Wildman–Crippen LogP) is 5.77. The van der Waals surface area contributed by atoms with Crippen molar-refractivity contribution in [2.75, 3.05) is 5.73 Å². The third-order valence-electron chi connectivity index (χ3n) is 9.27. The van der Waals surface area contributed by atoms with E-state index in [1.54, 1.807) is 0 Å². The van der Waals surface area contributed by atoms with Crippen LogP contribution in [0.4, 0.5) is 45.5 Å². The maximum atomic E-state index is 12.9. The molecular weight excluding hydrogens is 1050 g/mol. The Bertz CT molecular complexity index is 4050. The number of non-ortho nitro benzene ring substituents is 1. The number of nitrogens with two attached hydrogens (primary N) is 1. The standard InChI is InChI=1S/C34H22N8O23S5/c35-27-22(11-23(67(54,55)56)18-10-25(69(60,61)62)29(31(44)26(18)27)41-36-19-4-1-12(42(49)50)7-16(19)33(45)46)39-38-21-6-3-14-15(32(21)70(63,64)65)9-24(68(57,58)59)28(30(14)43)40-37-20-5-2-13(66(51,52)53)8-17(20)34(47)48/h1-11,43-44H,35H2,(H,45,46)(H,47,48)(H,51,52,53)(H,54,55,56)(H,57,58,59)(H,60,61,62)(H,63,64,65). The number of aromatic carboxylic acids is 2. The molecule has 6 aromatic rings. The summed E-state index contributed by atoms with van der Waals surface area (Å²) in [7, 11) is -27.5. The molecule has 0 spiro atoms. The SMILES string of the molecule is Nc1c(N=Nc2ccc3c(O)c(N=Nc4ccc(S(=O)(=O)O)cc4C(=O)O)c(S(=O)(=O)O)cc3c2S(=O)(=O)O)cc(S(=O)(=O)O)c2cc(S(=O)(=O)O)c(N=Nc3ccc([N+](=O)[O-])cc3C(=O)O)c(O)c12. The normalized spacial score (nSPS) is 13.0. The first-order chi connectivity index (χ1) is 32.1.